The Morgan fingerprint density at radius 3 is 3.06 bits per heavy atom. The van der Waals surface area contributed by atoms with E-state index in [1.54, 1.807) is 7.11 Å². The maximum atomic E-state index is 11.8. The summed E-state index contributed by atoms with van der Waals surface area (Å²) in [5.74, 6) is 0.116. The molecule has 0 saturated carbocycles. The van der Waals surface area contributed by atoms with Crippen molar-refractivity contribution in [2.75, 3.05) is 25.1 Å². The first kappa shape index (κ1) is 12.1. The molecule has 1 amide bonds. The summed E-state index contributed by atoms with van der Waals surface area (Å²) in [6.07, 6.45) is 1.34. The van der Waals surface area contributed by atoms with Crippen molar-refractivity contribution in [2.24, 2.45) is 5.73 Å². The second kappa shape index (κ2) is 5.29. The highest BCUT2D eigenvalue weighted by atomic mass is 16.5. The summed E-state index contributed by atoms with van der Waals surface area (Å²) < 4.78 is 5.10. The van der Waals surface area contributed by atoms with Gasteiger partial charge in [-0.05, 0) is 23.6 Å². The third-order valence-electron chi connectivity index (χ3n) is 3.01. The zero-order chi connectivity index (χ0) is 12.3. The Morgan fingerprint density at radius 2 is 2.35 bits per heavy atom. The molecule has 0 aromatic heterocycles. The SMILES string of the molecule is COCc1ccc2c(c1)CCN2C(=O)CCN. The molecule has 0 fully saturated rings. The highest BCUT2D eigenvalue weighted by Crippen LogP contribution is 2.29. The maximum Gasteiger partial charge on any atom is 0.228 e. The van der Waals surface area contributed by atoms with Crippen molar-refractivity contribution in [1.29, 1.82) is 0 Å². The molecule has 0 saturated heterocycles. The van der Waals surface area contributed by atoms with Gasteiger partial charge in [0.1, 0.15) is 0 Å². The fourth-order valence-corrected chi connectivity index (χ4v) is 2.23. The van der Waals surface area contributed by atoms with Crippen molar-refractivity contribution < 1.29 is 9.53 Å². The summed E-state index contributed by atoms with van der Waals surface area (Å²) in [5.41, 5.74) is 8.83. The number of ether oxygens (including phenoxy) is 1. The first-order chi connectivity index (χ1) is 8.26. The second-order valence-electron chi connectivity index (χ2n) is 4.23. The number of carbonyl (C=O) groups is 1. The van der Waals surface area contributed by atoms with Crippen molar-refractivity contribution in [3.8, 4) is 0 Å². The van der Waals surface area contributed by atoms with E-state index in [1.165, 1.54) is 5.56 Å². The molecule has 2 rings (SSSR count). The van der Waals surface area contributed by atoms with Crippen molar-refractivity contribution in [1.82, 2.24) is 0 Å². The van der Waals surface area contributed by atoms with E-state index in [-0.39, 0.29) is 5.91 Å². The van der Waals surface area contributed by atoms with E-state index in [0.29, 0.717) is 19.6 Å². The second-order valence-corrected chi connectivity index (χ2v) is 4.23. The van der Waals surface area contributed by atoms with Crippen LogP contribution in [0.4, 0.5) is 5.69 Å². The Bertz CT molecular complexity index is 418. The maximum absolute atomic E-state index is 11.8. The number of carbonyl (C=O) groups excluding carboxylic acids is 1. The molecule has 0 radical (unpaired) electrons. The smallest absolute Gasteiger partial charge is 0.228 e. The third kappa shape index (κ3) is 2.48. The predicted octanol–water partition coefficient (Wildman–Crippen LogP) is 1.07. The Morgan fingerprint density at radius 1 is 1.53 bits per heavy atom. The lowest BCUT2D eigenvalue weighted by Crippen LogP contribution is -2.30. The minimum atomic E-state index is 0.116. The monoisotopic (exact) mass is 234 g/mol. The molecule has 4 heteroatoms. The van der Waals surface area contributed by atoms with E-state index < -0.39 is 0 Å². The van der Waals surface area contributed by atoms with Crippen LogP contribution < -0.4 is 10.6 Å². The summed E-state index contributed by atoms with van der Waals surface area (Å²) in [5, 5.41) is 0. The number of benzene rings is 1. The van der Waals surface area contributed by atoms with E-state index in [0.717, 1.165) is 24.2 Å². The third-order valence-corrected chi connectivity index (χ3v) is 3.01. The minimum absolute atomic E-state index is 0.116. The van der Waals surface area contributed by atoms with Gasteiger partial charge in [-0.2, -0.15) is 0 Å². The first-order valence-corrected chi connectivity index (χ1v) is 5.87. The van der Waals surface area contributed by atoms with Gasteiger partial charge >= 0.3 is 0 Å². The number of hydrogen-bond acceptors (Lipinski definition) is 3. The van der Waals surface area contributed by atoms with E-state index >= 15 is 0 Å². The zero-order valence-corrected chi connectivity index (χ0v) is 10.1. The van der Waals surface area contributed by atoms with Crippen molar-refractivity contribution >= 4 is 11.6 Å². The standard InChI is InChI=1S/C13H18N2O2/c1-17-9-10-2-3-12-11(8-10)5-7-15(12)13(16)4-6-14/h2-3,8H,4-7,9,14H2,1H3. The van der Waals surface area contributed by atoms with Gasteiger partial charge in [0.2, 0.25) is 5.91 Å². The summed E-state index contributed by atoms with van der Waals surface area (Å²) >= 11 is 0. The van der Waals surface area contributed by atoms with Gasteiger partial charge in [0.15, 0.2) is 0 Å². The van der Waals surface area contributed by atoms with Crippen LogP contribution in [0.25, 0.3) is 0 Å². The van der Waals surface area contributed by atoms with Gasteiger partial charge in [-0.1, -0.05) is 12.1 Å². The molecule has 0 bridgehead atoms. The number of nitrogens with zero attached hydrogens (tertiary/aromatic N) is 1. The quantitative estimate of drug-likeness (QED) is 0.848. The van der Waals surface area contributed by atoms with Crippen LogP contribution in [0.1, 0.15) is 17.5 Å². The molecule has 4 nitrogen and oxygen atoms in total. The molecule has 0 atom stereocenters. The summed E-state index contributed by atoms with van der Waals surface area (Å²) in [4.78, 5) is 13.7. The highest BCUT2D eigenvalue weighted by Gasteiger charge is 2.23. The van der Waals surface area contributed by atoms with Crippen LogP contribution in [0.3, 0.4) is 0 Å². The molecule has 2 N–H and O–H groups in total. The van der Waals surface area contributed by atoms with Crippen LogP contribution in [0.5, 0.6) is 0 Å². The van der Waals surface area contributed by atoms with Crippen LogP contribution >= 0.6 is 0 Å². The molecule has 1 heterocycles. The topological polar surface area (TPSA) is 55.6 Å². The van der Waals surface area contributed by atoms with Crippen LogP contribution in [-0.4, -0.2) is 26.1 Å². The lowest BCUT2D eigenvalue weighted by molar-refractivity contribution is -0.118. The zero-order valence-electron chi connectivity index (χ0n) is 10.1. The van der Waals surface area contributed by atoms with E-state index in [2.05, 4.69) is 6.07 Å². The van der Waals surface area contributed by atoms with Gasteiger partial charge in [-0.3, -0.25) is 4.79 Å². The number of anilines is 1. The van der Waals surface area contributed by atoms with Gasteiger partial charge in [-0.15, -0.1) is 0 Å². The number of methoxy groups -OCH3 is 1. The van der Waals surface area contributed by atoms with E-state index in [4.69, 9.17) is 10.5 Å². The molecule has 92 valence electrons. The molecule has 1 aromatic rings. The Labute approximate surface area is 101 Å². The average Bonchev–Trinajstić information content (AvgIpc) is 2.73. The first-order valence-electron chi connectivity index (χ1n) is 5.87. The summed E-state index contributed by atoms with van der Waals surface area (Å²) in [7, 11) is 1.68. The molecule has 1 aliphatic heterocycles. The molecule has 1 aromatic carbocycles. The van der Waals surface area contributed by atoms with Gasteiger partial charge in [0, 0.05) is 32.3 Å². The van der Waals surface area contributed by atoms with E-state index in [1.807, 2.05) is 17.0 Å². The van der Waals surface area contributed by atoms with Gasteiger partial charge < -0.3 is 15.4 Å². The largest absolute Gasteiger partial charge is 0.380 e. The fourth-order valence-electron chi connectivity index (χ4n) is 2.23. The molecular weight excluding hydrogens is 216 g/mol. The normalized spacial score (nSPS) is 13.9. The highest BCUT2D eigenvalue weighted by molar-refractivity contribution is 5.95. The van der Waals surface area contributed by atoms with Crippen molar-refractivity contribution in [3.05, 3.63) is 29.3 Å². The summed E-state index contributed by atoms with van der Waals surface area (Å²) in [6, 6.07) is 6.13. The van der Waals surface area contributed by atoms with Crippen LogP contribution in [0, 0.1) is 0 Å². The number of nitrogens with two attached hydrogens (primary N) is 1. The summed E-state index contributed by atoms with van der Waals surface area (Å²) in [6.45, 7) is 1.79. The lowest BCUT2D eigenvalue weighted by atomic mass is 10.1. The molecule has 0 spiro atoms. The molecule has 17 heavy (non-hydrogen) atoms. The van der Waals surface area contributed by atoms with Crippen molar-refractivity contribution in [2.45, 2.75) is 19.4 Å². The molecule has 0 unspecified atom stereocenters. The van der Waals surface area contributed by atoms with Crippen LogP contribution in [-0.2, 0) is 22.6 Å². The van der Waals surface area contributed by atoms with Crippen molar-refractivity contribution in [3.63, 3.8) is 0 Å². The number of rotatable bonds is 4. The predicted molar refractivity (Wildman–Crippen MR) is 66.9 cm³/mol. The lowest BCUT2D eigenvalue weighted by Gasteiger charge is -2.17. The Kier molecular flexibility index (Phi) is 3.76. The van der Waals surface area contributed by atoms with Gasteiger partial charge in [0.05, 0.1) is 6.61 Å². The number of fused-ring (bicyclic) bond motifs is 1. The number of amides is 1. The molecule has 1 aliphatic rings. The van der Waals surface area contributed by atoms with E-state index in [9.17, 15) is 4.79 Å². The fraction of sp³-hybridized carbons (Fsp3) is 0.462. The van der Waals surface area contributed by atoms with Crippen LogP contribution in [0.2, 0.25) is 0 Å². The molecular formula is C13H18N2O2. The Balaban J connectivity index is 2.18. The number of hydrogen-bond donors (Lipinski definition) is 1. The Hall–Kier alpha value is -1.39. The minimum Gasteiger partial charge on any atom is -0.380 e. The van der Waals surface area contributed by atoms with Gasteiger partial charge in [0.25, 0.3) is 0 Å². The average molecular weight is 234 g/mol. The van der Waals surface area contributed by atoms with Gasteiger partial charge in [-0.25, -0.2) is 0 Å². The van der Waals surface area contributed by atoms with Crippen LogP contribution in [0.15, 0.2) is 18.2 Å². The molecule has 0 aliphatic carbocycles.